The van der Waals surface area contributed by atoms with Gasteiger partial charge in [-0.2, -0.15) is 0 Å². The second-order valence-electron chi connectivity index (χ2n) is 14.1. The number of methoxy groups -OCH3 is 1. The van der Waals surface area contributed by atoms with Crippen LogP contribution in [0.1, 0.15) is 107 Å². The van der Waals surface area contributed by atoms with Crippen molar-refractivity contribution in [1.82, 2.24) is 25.4 Å². The molecule has 1 aromatic carbocycles. The first-order valence-electron chi connectivity index (χ1n) is 17.5. The molecule has 0 aliphatic carbocycles. The van der Waals surface area contributed by atoms with Gasteiger partial charge < -0.3 is 20.3 Å². The number of aromatic nitrogens is 1. The lowest BCUT2D eigenvalue weighted by molar-refractivity contribution is -0.141. The molecule has 3 rings (SSSR count). The van der Waals surface area contributed by atoms with Gasteiger partial charge in [-0.05, 0) is 62.6 Å². The summed E-state index contributed by atoms with van der Waals surface area (Å²) < 4.78 is 5.94. The van der Waals surface area contributed by atoms with Crippen molar-refractivity contribution in [3.05, 3.63) is 52.0 Å². The van der Waals surface area contributed by atoms with Crippen LogP contribution < -0.4 is 10.6 Å². The fourth-order valence-electron chi connectivity index (χ4n) is 6.58. The molecule has 9 nitrogen and oxygen atoms in total. The number of nitrogens with zero attached hydrogens (tertiary/aromatic N) is 3. The molecule has 1 saturated heterocycles. The molecular weight excluding hydrogens is 611 g/mol. The number of rotatable bonds is 17. The van der Waals surface area contributed by atoms with Crippen molar-refractivity contribution in [1.29, 1.82) is 0 Å². The van der Waals surface area contributed by atoms with Crippen LogP contribution in [-0.4, -0.2) is 84.4 Å². The maximum atomic E-state index is 14.1. The van der Waals surface area contributed by atoms with E-state index in [0.29, 0.717) is 23.0 Å². The number of thiazole rings is 1. The first kappa shape index (κ1) is 38.6. The van der Waals surface area contributed by atoms with Gasteiger partial charge in [0.2, 0.25) is 11.8 Å². The molecule has 2 N–H and O–H groups in total. The molecule has 47 heavy (non-hydrogen) atoms. The van der Waals surface area contributed by atoms with Gasteiger partial charge >= 0.3 is 0 Å². The molecule has 1 unspecified atom stereocenters. The molecule has 10 heteroatoms. The van der Waals surface area contributed by atoms with Gasteiger partial charge in [-0.1, -0.05) is 84.7 Å². The standard InChI is InChI=1S/C37H59N5O4S/c1-10-26(6)33(40-35(44)30-18-14-15-19-41(30)7)37(45)42(8)31(25(4)5)22-32(46-9)36-39-29(23-47-36)34(43)38-28(20-24(2)3)21-27-16-12-11-13-17-27/h11-13,16-17,23-26,28,30-33H,10,14-15,18-22H2,1-9H3,(H,38,43)(H,40,44)/t26-,28+,30+,31-,32+,33?/m0/s1. The summed E-state index contributed by atoms with van der Waals surface area (Å²) in [5.74, 6) is 0.193. The van der Waals surface area contributed by atoms with Gasteiger partial charge in [-0.15, -0.1) is 11.3 Å². The Bertz CT molecular complexity index is 1270. The second kappa shape index (κ2) is 18.7. The van der Waals surface area contributed by atoms with Crippen molar-refractivity contribution >= 4 is 29.1 Å². The predicted octanol–water partition coefficient (Wildman–Crippen LogP) is 6.11. The predicted molar refractivity (Wildman–Crippen MR) is 190 cm³/mol. The molecule has 262 valence electrons. The Morgan fingerprint density at radius 3 is 2.36 bits per heavy atom. The monoisotopic (exact) mass is 669 g/mol. The summed E-state index contributed by atoms with van der Waals surface area (Å²) in [7, 11) is 5.46. The van der Waals surface area contributed by atoms with E-state index in [1.54, 1.807) is 17.4 Å². The third-order valence-electron chi connectivity index (χ3n) is 9.65. The van der Waals surface area contributed by atoms with E-state index in [1.165, 1.54) is 16.9 Å². The SMILES string of the molecule is CC[C@H](C)C(NC(=O)[C@H]1CCCCN1C)C(=O)N(C)[C@@H](C[C@@H](OC)c1nc(C(=O)N[C@@H](Cc2ccccc2)CC(C)C)cs1)C(C)C. The topological polar surface area (TPSA) is 104 Å². The Labute approximate surface area is 287 Å². The van der Waals surface area contributed by atoms with Crippen molar-refractivity contribution in [2.45, 2.75) is 117 Å². The maximum Gasteiger partial charge on any atom is 0.270 e. The van der Waals surface area contributed by atoms with Crippen molar-refractivity contribution in [2.75, 3.05) is 27.7 Å². The lowest BCUT2D eigenvalue weighted by atomic mass is 9.92. The quantitative estimate of drug-likeness (QED) is 0.211. The van der Waals surface area contributed by atoms with E-state index in [4.69, 9.17) is 9.72 Å². The number of nitrogens with one attached hydrogen (secondary N) is 2. The zero-order valence-electron chi connectivity index (χ0n) is 30.1. The minimum absolute atomic E-state index is 0.00397. The van der Waals surface area contributed by atoms with Crippen LogP contribution in [0.2, 0.25) is 0 Å². The number of amides is 3. The Morgan fingerprint density at radius 2 is 1.77 bits per heavy atom. The normalized spacial score (nSPS) is 18.7. The molecule has 2 aromatic rings. The van der Waals surface area contributed by atoms with Crippen LogP contribution in [0.3, 0.4) is 0 Å². The number of carbonyl (C=O) groups excluding carboxylic acids is 3. The van der Waals surface area contributed by atoms with Crippen molar-refractivity contribution < 1.29 is 19.1 Å². The summed E-state index contributed by atoms with van der Waals surface area (Å²) >= 11 is 1.41. The summed E-state index contributed by atoms with van der Waals surface area (Å²) in [5, 5.41) is 8.86. The number of hydrogen-bond donors (Lipinski definition) is 2. The molecule has 2 heterocycles. The van der Waals surface area contributed by atoms with Crippen LogP contribution in [0.4, 0.5) is 0 Å². The third-order valence-corrected chi connectivity index (χ3v) is 10.6. The van der Waals surface area contributed by atoms with E-state index in [-0.39, 0.29) is 47.7 Å². The van der Waals surface area contributed by atoms with Crippen LogP contribution in [0.15, 0.2) is 35.7 Å². The minimum Gasteiger partial charge on any atom is -0.374 e. The molecule has 3 amide bonds. The van der Waals surface area contributed by atoms with E-state index >= 15 is 0 Å². The fourth-order valence-corrected chi connectivity index (χ4v) is 7.46. The van der Waals surface area contributed by atoms with Gasteiger partial charge in [0.25, 0.3) is 5.91 Å². The van der Waals surface area contributed by atoms with Gasteiger partial charge in [0.15, 0.2) is 0 Å². The van der Waals surface area contributed by atoms with Crippen LogP contribution >= 0.6 is 11.3 Å². The van der Waals surface area contributed by atoms with Gasteiger partial charge in [-0.25, -0.2) is 4.98 Å². The minimum atomic E-state index is -0.611. The highest BCUT2D eigenvalue weighted by atomic mass is 32.1. The zero-order chi connectivity index (χ0) is 34.7. The molecule has 1 aliphatic rings. The Morgan fingerprint density at radius 1 is 1.06 bits per heavy atom. The second-order valence-corrected chi connectivity index (χ2v) is 15.0. The highest BCUT2D eigenvalue weighted by Crippen LogP contribution is 2.30. The zero-order valence-corrected chi connectivity index (χ0v) is 30.9. The largest absolute Gasteiger partial charge is 0.374 e. The first-order chi connectivity index (χ1) is 22.4. The Balaban J connectivity index is 1.72. The summed E-state index contributed by atoms with van der Waals surface area (Å²) in [6, 6.07) is 9.23. The average Bonchev–Trinajstić information content (AvgIpc) is 3.53. The van der Waals surface area contributed by atoms with E-state index in [0.717, 1.165) is 45.1 Å². The summed E-state index contributed by atoms with van der Waals surface area (Å²) in [6.45, 7) is 13.5. The van der Waals surface area contributed by atoms with E-state index in [1.807, 2.05) is 46.1 Å². The summed E-state index contributed by atoms with van der Waals surface area (Å²) in [6.07, 6.45) is 5.43. The van der Waals surface area contributed by atoms with Gasteiger partial charge in [-0.3, -0.25) is 19.3 Å². The number of benzene rings is 1. The van der Waals surface area contributed by atoms with Crippen LogP contribution in [0.25, 0.3) is 0 Å². The molecule has 1 aliphatic heterocycles. The Hall–Kier alpha value is -2.82. The van der Waals surface area contributed by atoms with Gasteiger partial charge in [0.1, 0.15) is 22.8 Å². The van der Waals surface area contributed by atoms with Crippen molar-refractivity contribution in [3.63, 3.8) is 0 Å². The third kappa shape index (κ3) is 11.1. The number of piperidine rings is 1. The molecule has 1 fully saturated rings. The molecule has 0 saturated carbocycles. The fraction of sp³-hybridized carbons (Fsp3) is 0.676. The summed E-state index contributed by atoms with van der Waals surface area (Å²) in [4.78, 5) is 49.4. The van der Waals surface area contributed by atoms with Gasteiger partial charge in [0, 0.05) is 38.0 Å². The highest BCUT2D eigenvalue weighted by Gasteiger charge is 2.36. The Kier molecular flexibility index (Phi) is 15.3. The lowest BCUT2D eigenvalue weighted by Crippen LogP contribution is -2.58. The van der Waals surface area contributed by atoms with Gasteiger partial charge in [0.05, 0.1) is 6.04 Å². The number of carbonyl (C=O) groups is 3. The summed E-state index contributed by atoms with van der Waals surface area (Å²) in [5.41, 5.74) is 1.57. The molecular formula is C37H59N5O4S. The van der Waals surface area contributed by atoms with E-state index in [2.05, 4.69) is 55.4 Å². The number of likely N-dealkylation sites (N-methyl/N-ethyl adjacent to an activating group) is 2. The van der Waals surface area contributed by atoms with Crippen molar-refractivity contribution in [3.8, 4) is 0 Å². The number of ether oxygens (including phenoxy) is 1. The molecule has 0 bridgehead atoms. The average molecular weight is 670 g/mol. The highest BCUT2D eigenvalue weighted by molar-refractivity contribution is 7.09. The first-order valence-corrected chi connectivity index (χ1v) is 18.3. The van der Waals surface area contributed by atoms with Crippen LogP contribution in [0.5, 0.6) is 0 Å². The molecule has 1 aromatic heterocycles. The maximum absolute atomic E-state index is 14.1. The molecule has 0 radical (unpaired) electrons. The number of hydrogen-bond acceptors (Lipinski definition) is 7. The van der Waals surface area contributed by atoms with E-state index < -0.39 is 12.1 Å². The van der Waals surface area contributed by atoms with Crippen LogP contribution in [0, 0.1) is 17.8 Å². The smallest absolute Gasteiger partial charge is 0.270 e. The molecule has 0 spiro atoms. The number of likely N-dealkylation sites (tertiary alicyclic amines) is 1. The van der Waals surface area contributed by atoms with E-state index in [9.17, 15) is 14.4 Å². The van der Waals surface area contributed by atoms with Crippen molar-refractivity contribution in [2.24, 2.45) is 17.8 Å². The van der Waals surface area contributed by atoms with Crippen LogP contribution in [-0.2, 0) is 20.7 Å². The molecule has 6 atom stereocenters. The lowest BCUT2D eigenvalue weighted by Gasteiger charge is -2.38.